The largest absolute Gasteiger partial charge is 0.392 e. The number of hydrogen-bond donors (Lipinski definition) is 1. The van der Waals surface area contributed by atoms with E-state index in [1.54, 1.807) is 0 Å². The van der Waals surface area contributed by atoms with Crippen molar-refractivity contribution in [1.29, 1.82) is 0 Å². The molecule has 0 aromatic carbocycles. The van der Waals surface area contributed by atoms with E-state index in [-0.39, 0.29) is 5.91 Å². The first-order valence-corrected chi connectivity index (χ1v) is 8.21. The molecule has 2 fully saturated rings. The van der Waals surface area contributed by atoms with Crippen LogP contribution in [0.3, 0.4) is 0 Å². The molecule has 0 bridgehead atoms. The number of amides is 1. The van der Waals surface area contributed by atoms with Crippen LogP contribution in [-0.2, 0) is 9.53 Å². The lowest BCUT2D eigenvalue weighted by atomic mass is 9.77. The second kappa shape index (κ2) is 6.85. The molecule has 2 heterocycles. The second-order valence-corrected chi connectivity index (χ2v) is 6.44. The number of rotatable bonds is 4. The summed E-state index contributed by atoms with van der Waals surface area (Å²) in [5, 5.41) is 0. The molecule has 0 spiro atoms. The van der Waals surface area contributed by atoms with Gasteiger partial charge in [0, 0.05) is 25.8 Å². The monoisotopic (exact) mass is 298 g/mol. The molecule has 1 atom stereocenters. The standard InChI is InChI=1S/C15H26N2O2S/c1-2-5-12-6-3-4-9-17(12)14(18)15(13(16)20)7-10-19-11-8-15/h12H,2-11H2,1H3,(H2,16,20). The van der Waals surface area contributed by atoms with Gasteiger partial charge in [-0.15, -0.1) is 0 Å². The van der Waals surface area contributed by atoms with E-state index >= 15 is 0 Å². The molecule has 4 nitrogen and oxygen atoms in total. The topological polar surface area (TPSA) is 55.6 Å². The predicted octanol–water partition coefficient (Wildman–Crippen LogP) is 2.25. The Labute approximate surface area is 127 Å². The zero-order chi connectivity index (χ0) is 14.6. The highest BCUT2D eigenvalue weighted by atomic mass is 32.1. The molecule has 2 aliphatic rings. The molecule has 0 aromatic rings. The minimum absolute atomic E-state index is 0.159. The van der Waals surface area contributed by atoms with Crippen molar-refractivity contribution in [2.75, 3.05) is 19.8 Å². The number of ether oxygens (including phenoxy) is 1. The van der Waals surface area contributed by atoms with E-state index in [1.165, 1.54) is 6.42 Å². The van der Waals surface area contributed by atoms with Crippen molar-refractivity contribution >= 4 is 23.1 Å². The zero-order valence-electron chi connectivity index (χ0n) is 12.4. The van der Waals surface area contributed by atoms with Crippen molar-refractivity contribution in [3.8, 4) is 0 Å². The van der Waals surface area contributed by atoms with E-state index in [0.717, 1.165) is 32.2 Å². The SMILES string of the molecule is CCCC1CCCCN1C(=O)C1(C(N)=S)CCOCC1. The molecule has 2 rings (SSSR count). The maximum Gasteiger partial charge on any atom is 0.236 e. The summed E-state index contributed by atoms with van der Waals surface area (Å²) in [5.74, 6) is 0.159. The van der Waals surface area contributed by atoms with Gasteiger partial charge in [-0.25, -0.2) is 0 Å². The fourth-order valence-electron chi connectivity index (χ4n) is 3.46. The fourth-order valence-corrected chi connectivity index (χ4v) is 3.75. The van der Waals surface area contributed by atoms with Gasteiger partial charge in [-0.2, -0.15) is 0 Å². The molecule has 2 saturated heterocycles. The lowest BCUT2D eigenvalue weighted by Crippen LogP contribution is -2.56. The summed E-state index contributed by atoms with van der Waals surface area (Å²) in [6, 6.07) is 0.371. The highest BCUT2D eigenvalue weighted by Gasteiger charge is 2.46. The molecule has 0 aromatic heterocycles. The van der Waals surface area contributed by atoms with E-state index in [9.17, 15) is 4.79 Å². The van der Waals surface area contributed by atoms with Crippen LogP contribution in [0.5, 0.6) is 0 Å². The van der Waals surface area contributed by atoms with Gasteiger partial charge in [-0.1, -0.05) is 25.6 Å². The summed E-state index contributed by atoms with van der Waals surface area (Å²) < 4.78 is 5.40. The normalized spacial score (nSPS) is 26.2. The van der Waals surface area contributed by atoms with Crippen LogP contribution < -0.4 is 5.73 Å². The Kier molecular flexibility index (Phi) is 5.38. The summed E-state index contributed by atoms with van der Waals surface area (Å²) in [6.07, 6.45) is 6.89. The van der Waals surface area contributed by atoms with Crippen molar-refractivity contribution in [1.82, 2.24) is 4.90 Å². The van der Waals surface area contributed by atoms with Gasteiger partial charge < -0.3 is 15.4 Å². The number of carbonyl (C=O) groups excluding carboxylic acids is 1. The van der Waals surface area contributed by atoms with Gasteiger partial charge in [0.05, 0.1) is 4.99 Å². The highest BCUT2D eigenvalue weighted by Crippen LogP contribution is 2.36. The Bertz CT molecular complexity index is 365. The Hall–Kier alpha value is -0.680. The van der Waals surface area contributed by atoms with E-state index in [0.29, 0.717) is 37.1 Å². The summed E-state index contributed by atoms with van der Waals surface area (Å²) in [6.45, 7) is 4.19. The lowest BCUT2D eigenvalue weighted by Gasteiger charge is -2.43. The number of nitrogens with zero attached hydrogens (tertiary/aromatic N) is 1. The minimum Gasteiger partial charge on any atom is -0.392 e. The minimum atomic E-state index is -0.656. The summed E-state index contributed by atoms with van der Waals surface area (Å²) in [4.78, 5) is 15.5. The quantitative estimate of drug-likeness (QED) is 0.809. The third-order valence-electron chi connectivity index (χ3n) is 4.74. The van der Waals surface area contributed by atoms with Crippen LogP contribution in [0.2, 0.25) is 0 Å². The Balaban J connectivity index is 2.19. The van der Waals surface area contributed by atoms with Crippen molar-refractivity contribution in [2.24, 2.45) is 11.1 Å². The summed E-state index contributed by atoms with van der Waals surface area (Å²) in [5.41, 5.74) is 5.30. The van der Waals surface area contributed by atoms with Gasteiger partial charge in [0.1, 0.15) is 5.41 Å². The summed E-state index contributed by atoms with van der Waals surface area (Å²) in [7, 11) is 0. The fraction of sp³-hybridized carbons (Fsp3) is 0.867. The van der Waals surface area contributed by atoms with Crippen LogP contribution in [0, 0.1) is 5.41 Å². The van der Waals surface area contributed by atoms with Gasteiger partial charge in [0.15, 0.2) is 0 Å². The van der Waals surface area contributed by atoms with Gasteiger partial charge in [0.2, 0.25) is 5.91 Å². The molecule has 114 valence electrons. The number of carbonyl (C=O) groups is 1. The van der Waals surface area contributed by atoms with Crippen LogP contribution in [0.4, 0.5) is 0 Å². The number of hydrogen-bond acceptors (Lipinski definition) is 3. The third kappa shape index (κ3) is 2.98. The van der Waals surface area contributed by atoms with Gasteiger partial charge in [-0.3, -0.25) is 4.79 Å². The van der Waals surface area contributed by atoms with Crippen LogP contribution in [0.25, 0.3) is 0 Å². The summed E-state index contributed by atoms with van der Waals surface area (Å²) >= 11 is 5.25. The lowest BCUT2D eigenvalue weighted by molar-refractivity contribution is -0.146. The molecule has 1 unspecified atom stereocenters. The van der Waals surface area contributed by atoms with Crippen molar-refractivity contribution in [2.45, 2.75) is 57.9 Å². The smallest absolute Gasteiger partial charge is 0.236 e. The zero-order valence-corrected chi connectivity index (χ0v) is 13.2. The maximum absolute atomic E-state index is 13.1. The second-order valence-electron chi connectivity index (χ2n) is 6.00. The van der Waals surface area contributed by atoms with E-state index in [1.807, 2.05) is 0 Å². The Morgan fingerprint density at radius 2 is 2.10 bits per heavy atom. The molecular formula is C15H26N2O2S. The van der Waals surface area contributed by atoms with Gasteiger partial charge >= 0.3 is 0 Å². The van der Waals surface area contributed by atoms with E-state index in [2.05, 4.69) is 11.8 Å². The average molecular weight is 298 g/mol. The molecule has 1 amide bonds. The first-order chi connectivity index (χ1) is 9.62. The van der Waals surface area contributed by atoms with Crippen molar-refractivity contribution < 1.29 is 9.53 Å². The van der Waals surface area contributed by atoms with Crippen LogP contribution in [0.15, 0.2) is 0 Å². The van der Waals surface area contributed by atoms with E-state index < -0.39 is 5.41 Å². The third-order valence-corrected chi connectivity index (χ3v) is 5.13. The molecule has 2 N–H and O–H groups in total. The van der Waals surface area contributed by atoms with Gasteiger partial charge in [-0.05, 0) is 38.5 Å². The molecule has 20 heavy (non-hydrogen) atoms. The molecule has 0 saturated carbocycles. The predicted molar refractivity (Wildman–Crippen MR) is 83.5 cm³/mol. The molecule has 5 heteroatoms. The number of nitrogens with two attached hydrogens (primary N) is 1. The molecule has 2 aliphatic heterocycles. The van der Waals surface area contributed by atoms with E-state index in [4.69, 9.17) is 22.7 Å². The molecular weight excluding hydrogens is 272 g/mol. The van der Waals surface area contributed by atoms with Crippen molar-refractivity contribution in [3.63, 3.8) is 0 Å². The molecule has 0 aliphatic carbocycles. The Morgan fingerprint density at radius 1 is 1.40 bits per heavy atom. The van der Waals surface area contributed by atoms with Crippen LogP contribution in [0.1, 0.15) is 51.9 Å². The van der Waals surface area contributed by atoms with Crippen LogP contribution >= 0.6 is 12.2 Å². The highest BCUT2D eigenvalue weighted by molar-refractivity contribution is 7.80. The number of thiocarbonyl (C=S) groups is 1. The average Bonchev–Trinajstić information content (AvgIpc) is 2.48. The van der Waals surface area contributed by atoms with Crippen molar-refractivity contribution in [3.05, 3.63) is 0 Å². The maximum atomic E-state index is 13.1. The first kappa shape index (κ1) is 15.7. The number of likely N-dealkylation sites (tertiary alicyclic amines) is 1. The first-order valence-electron chi connectivity index (χ1n) is 7.80. The van der Waals surface area contributed by atoms with Crippen LogP contribution in [-0.4, -0.2) is 41.6 Å². The number of piperidine rings is 1. The Morgan fingerprint density at radius 3 is 2.70 bits per heavy atom. The molecule has 0 radical (unpaired) electrons. The van der Waals surface area contributed by atoms with Gasteiger partial charge in [0.25, 0.3) is 0 Å².